The molecule has 0 unspecified atom stereocenters. The second kappa shape index (κ2) is 7.06. The summed E-state index contributed by atoms with van der Waals surface area (Å²) >= 11 is 1.77. The monoisotopic (exact) mass is 281 g/mol. The van der Waals surface area contributed by atoms with Gasteiger partial charge in [-0.15, -0.1) is 11.3 Å². The third-order valence-corrected chi connectivity index (χ3v) is 4.74. The van der Waals surface area contributed by atoms with Gasteiger partial charge in [0.05, 0.1) is 5.60 Å². The zero-order chi connectivity index (χ0) is 13.6. The molecule has 0 radical (unpaired) electrons. The van der Waals surface area contributed by atoms with Gasteiger partial charge in [0.2, 0.25) is 5.91 Å². The van der Waals surface area contributed by atoms with Crippen LogP contribution < -0.4 is 5.32 Å². The molecule has 0 spiro atoms. The summed E-state index contributed by atoms with van der Waals surface area (Å²) in [5.41, 5.74) is -0.632. The molecule has 0 atom stereocenters. The topological polar surface area (TPSA) is 49.3 Å². The van der Waals surface area contributed by atoms with E-state index < -0.39 is 5.60 Å². The predicted molar refractivity (Wildman–Crippen MR) is 78.3 cm³/mol. The van der Waals surface area contributed by atoms with Crippen LogP contribution in [0.25, 0.3) is 0 Å². The molecule has 0 saturated heterocycles. The van der Waals surface area contributed by atoms with Crippen molar-refractivity contribution in [2.24, 2.45) is 0 Å². The fraction of sp³-hybridized carbons (Fsp3) is 0.667. The van der Waals surface area contributed by atoms with Crippen molar-refractivity contribution in [3.05, 3.63) is 22.4 Å². The van der Waals surface area contributed by atoms with Crippen molar-refractivity contribution in [1.82, 2.24) is 5.32 Å². The maximum absolute atomic E-state index is 11.7. The quantitative estimate of drug-likeness (QED) is 0.755. The Morgan fingerprint density at radius 2 is 2.16 bits per heavy atom. The third kappa shape index (κ3) is 4.96. The zero-order valence-corrected chi connectivity index (χ0v) is 12.2. The van der Waals surface area contributed by atoms with Crippen molar-refractivity contribution in [1.29, 1.82) is 0 Å². The first-order chi connectivity index (χ1) is 9.18. The number of nitrogens with one attached hydrogen (secondary N) is 1. The molecule has 1 aliphatic carbocycles. The van der Waals surface area contributed by atoms with Gasteiger partial charge in [0.15, 0.2) is 0 Å². The average Bonchev–Trinajstić information content (AvgIpc) is 3.04. The Labute approximate surface area is 119 Å². The van der Waals surface area contributed by atoms with Gasteiger partial charge in [0, 0.05) is 17.8 Å². The van der Waals surface area contributed by atoms with Crippen molar-refractivity contribution in [3.8, 4) is 0 Å². The summed E-state index contributed by atoms with van der Waals surface area (Å²) in [5, 5.41) is 15.1. The van der Waals surface area contributed by atoms with Crippen LogP contribution in [0.5, 0.6) is 0 Å². The van der Waals surface area contributed by atoms with Gasteiger partial charge < -0.3 is 10.4 Å². The van der Waals surface area contributed by atoms with E-state index in [1.165, 1.54) is 4.88 Å². The van der Waals surface area contributed by atoms with Crippen molar-refractivity contribution < 1.29 is 9.90 Å². The van der Waals surface area contributed by atoms with E-state index in [0.717, 1.165) is 44.9 Å². The van der Waals surface area contributed by atoms with Crippen LogP contribution in [0, 0.1) is 0 Å². The second-order valence-corrected chi connectivity index (χ2v) is 6.53. The predicted octanol–water partition coefficient (Wildman–Crippen LogP) is 2.88. The molecule has 3 nitrogen and oxygen atoms in total. The summed E-state index contributed by atoms with van der Waals surface area (Å²) < 4.78 is 0. The summed E-state index contributed by atoms with van der Waals surface area (Å²) in [4.78, 5) is 13.1. The molecular formula is C15H23NO2S. The molecule has 1 amide bonds. The van der Waals surface area contributed by atoms with E-state index in [9.17, 15) is 9.90 Å². The number of carbonyl (C=O) groups excluding carboxylic acids is 1. The molecule has 1 saturated carbocycles. The Hall–Kier alpha value is -0.870. The zero-order valence-electron chi connectivity index (χ0n) is 11.4. The Kier molecular flexibility index (Phi) is 5.40. The van der Waals surface area contributed by atoms with Crippen LogP contribution in [0.2, 0.25) is 0 Å². The molecule has 1 fully saturated rings. The minimum absolute atomic E-state index is 0.0755. The van der Waals surface area contributed by atoms with Crippen LogP contribution in [0.15, 0.2) is 17.5 Å². The Morgan fingerprint density at radius 3 is 2.84 bits per heavy atom. The minimum atomic E-state index is -0.632. The normalized spacial score (nSPS) is 17.5. The molecule has 1 aromatic heterocycles. The van der Waals surface area contributed by atoms with Crippen molar-refractivity contribution >= 4 is 17.2 Å². The number of amides is 1. The molecule has 19 heavy (non-hydrogen) atoms. The van der Waals surface area contributed by atoms with E-state index in [-0.39, 0.29) is 5.91 Å². The largest absolute Gasteiger partial charge is 0.388 e. The maximum Gasteiger partial charge on any atom is 0.220 e. The molecule has 0 bridgehead atoms. The standard InChI is InChI=1S/C15H23NO2S/c17-14(16-12-15(18)9-3-4-10-15)8-2-1-6-13-7-5-11-19-13/h5,7,11,18H,1-4,6,8-10,12H2,(H,16,17). The number of unbranched alkanes of at least 4 members (excludes halogenated alkanes) is 1. The first-order valence-corrected chi connectivity index (χ1v) is 8.07. The summed E-state index contributed by atoms with van der Waals surface area (Å²) in [5.74, 6) is 0.0755. The van der Waals surface area contributed by atoms with Crippen molar-refractivity contribution in [2.45, 2.75) is 57.0 Å². The molecule has 0 aromatic carbocycles. The van der Waals surface area contributed by atoms with Gasteiger partial charge in [0.25, 0.3) is 0 Å². The van der Waals surface area contributed by atoms with Crippen molar-refractivity contribution in [2.75, 3.05) is 6.54 Å². The number of aryl methyl sites for hydroxylation is 1. The Balaban J connectivity index is 1.54. The lowest BCUT2D eigenvalue weighted by Gasteiger charge is -2.22. The van der Waals surface area contributed by atoms with Gasteiger partial charge >= 0.3 is 0 Å². The summed E-state index contributed by atoms with van der Waals surface area (Å²) in [6.45, 7) is 0.427. The van der Waals surface area contributed by atoms with Gasteiger partial charge in [-0.05, 0) is 43.6 Å². The lowest BCUT2D eigenvalue weighted by Crippen LogP contribution is -2.40. The fourth-order valence-corrected chi connectivity index (χ4v) is 3.35. The van der Waals surface area contributed by atoms with Gasteiger partial charge in [-0.1, -0.05) is 18.9 Å². The van der Waals surface area contributed by atoms with Crippen LogP contribution in [0.3, 0.4) is 0 Å². The molecule has 1 aromatic rings. The average molecular weight is 281 g/mol. The highest BCUT2D eigenvalue weighted by Gasteiger charge is 2.31. The van der Waals surface area contributed by atoms with E-state index in [4.69, 9.17) is 0 Å². The van der Waals surface area contributed by atoms with Crippen LogP contribution in [0.4, 0.5) is 0 Å². The fourth-order valence-electron chi connectivity index (χ4n) is 2.60. The number of hydrogen-bond donors (Lipinski definition) is 2. The Morgan fingerprint density at radius 1 is 1.37 bits per heavy atom. The third-order valence-electron chi connectivity index (χ3n) is 3.81. The number of aliphatic hydroxyl groups is 1. The van der Waals surface area contributed by atoms with Crippen LogP contribution in [0.1, 0.15) is 49.8 Å². The van der Waals surface area contributed by atoms with E-state index in [1.54, 1.807) is 11.3 Å². The lowest BCUT2D eigenvalue weighted by atomic mass is 10.0. The second-order valence-electron chi connectivity index (χ2n) is 5.49. The number of thiophene rings is 1. The van der Waals surface area contributed by atoms with E-state index in [0.29, 0.717) is 13.0 Å². The van der Waals surface area contributed by atoms with E-state index in [1.807, 2.05) is 0 Å². The molecule has 0 aliphatic heterocycles. The van der Waals surface area contributed by atoms with Gasteiger partial charge in [0.1, 0.15) is 0 Å². The molecule has 2 rings (SSSR count). The SMILES string of the molecule is O=C(CCCCc1cccs1)NCC1(O)CCCC1. The highest BCUT2D eigenvalue weighted by Crippen LogP contribution is 2.28. The molecule has 2 N–H and O–H groups in total. The van der Waals surface area contributed by atoms with Gasteiger partial charge in [-0.3, -0.25) is 4.79 Å². The smallest absolute Gasteiger partial charge is 0.220 e. The Bertz CT molecular complexity index is 383. The van der Waals surface area contributed by atoms with Gasteiger partial charge in [-0.2, -0.15) is 0 Å². The first-order valence-electron chi connectivity index (χ1n) is 7.19. The van der Waals surface area contributed by atoms with Crippen molar-refractivity contribution in [3.63, 3.8) is 0 Å². The molecular weight excluding hydrogens is 258 g/mol. The highest BCUT2D eigenvalue weighted by atomic mass is 32.1. The molecule has 1 heterocycles. The van der Waals surface area contributed by atoms with Crippen LogP contribution >= 0.6 is 11.3 Å². The number of carbonyl (C=O) groups is 1. The van der Waals surface area contributed by atoms with Gasteiger partial charge in [-0.25, -0.2) is 0 Å². The van der Waals surface area contributed by atoms with Crippen LogP contribution in [-0.2, 0) is 11.2 Å². The summed E-state index contributed by atoms with van der Waals surface area (Å²) in [7, 11) is 0. The first kappa shape index (κ1) is 14.5. The minimum Gasteiger partial charge on any atom is -0.388 e. The van der Waals surface area contributed by atoms with E-state index in [2.05, 4.69) is 22.8 Å². The maximum atomic E-state index is 11.7. The summed E-state index contributed by atoms with van der Waals surface area (Å²) in [6, 6.07) is 4.20. The van der Waals surface area contributed by atoms with Crippen LogP contribution in [-0.4, -0.2) is 23.2 Å². The molecule has 106 valence electrons. The molecule has 1 aliphatic rings. The number of rotatable bonds is 7. The van der Waals surface area contributed by atoms with E-state index >= 15 is 0 Å². The lowest BCUT2D eigenvalue weighted by molar-refractivity contribution is -0.122. The molecule has 4 heteroatoms. The number of hydrogen-bond acceptors (Lipinski definition) is 3. The highest BCUT2D eigenvalue weighted by molar-refractivity contribution is 7.09. The summed E-state index contributed by atoms with van der Waals surface area (Å²) in [6.07, 6.45) is 7.41.